The fourth-order valence-electron chi connectivity index (χ4n) is 1.41. The van der Waals surface area contributed by atoms with Gasteiger partial charge >= 0.3 is 0 Å². The van der Waals surface area contributed by atoms with E-state index in [9.17, 15) is 0 Å². The maximum absolute atomic E-state index is 5.23. The van der Waals surface area contributed by atoms with Crippen LogP contribution in [0.1, 0.15) is 6.92 Å². The lowest BCUT2D eigenvalue weighted by atomic mass is 10.2. The zero-order chi connectivity index (χ0) is 12.0. The number of ether oxygens (including phenoxy) is 2. The van der Waals surface area contributed by atoms with Crippen LogP contribution in [0.25, 0.3) is 0 Å². The molecule has 3 nitrogen and oxygen atoms in total. The molecule has 0 spiro atoms. The van der Waals surface area contributed by atoms with Crippen LogP contribution in [-0.4, -0.2) is 27.4 Å². The first-order chi connectivity index (χ1) is 7.67. The molecule has 1 aromatic rings. The summed E-state index contributed by atoms with van der Waals surface area (Å²) in [5.41, 5.74) is 1.06. The fourth-order valence-corrected chi connectivity index (χ4v) is 1.81. The second kappa shape index (κ2) is 6.76. The molecule has 1 atom stereocenters. The summed E-state index contributed by atoms with van der Waals surface area (Å²) in [4.78, 5) is 0. The SMILES string of the molecule is COCC(C)CNc1ccc(Br)c(OC)c1. The molecule has 0 fully saturated rings. The van der Waals surface area contributed by atoms with Crippen molar-refractivity contribution in [3.8, 4) is 5.75 Å². The maximum Gasteiger partial charge on any atom is 0.135 e. The first-order valence-electron chi connectivity index (χ1n) is 5.23. The molecule has 0 amide bonds. The molecule has 0 saturated heterocycles. The minimum Gasteiger partial charge on any atom is -0.495 e. The smallest absolute Gasteiger partial charge is 0.135 e. The van der Waals surface area contributed by atoms with E-state index in [0.29, 0.717) is 5.92 Å². The Morgan fingerprint density at radius 2 is 2.12 bits per heavy atom. The van der Waals surface area contributed by atoms with Gasteiger partial charge < -0.3 is 14.8 Å². The minimum absolute atomic E-state index is 0.486. The molecular formula is C12H18BrNO2. The van der Waals surface area contributed by atoms with Crippen LogP contribution in [-0.2, 0) is 4.74 Å². The molecule has 16 heavy (non-hydrogen) atoms. The Bertz CT molecular complexity index is 331. The van der Waals surface area contributed by atoms with Crippen LogP contribution in [0, 0.1) is 5.92 Å². The summed E-state index contributed by atoms with van der Waals surface area (Å²) in [7, 11) is 3.39. The summed E-state index contributed by atoms with van der Waals surface area (Å²) >= 11 is 3.42. The topological polar surface area (TPSA) is 30.5 Å². The van der Waals surface area contributed by atoms with Crippen molar-refractivity contribution in [1.82, 2.24) is 0 Å². The zero-order valence-corrected chi connectivity index (χ0v) is 11.5. The monoisotopic (exact) mass is 287 g/mol. The highest BCUT2D eigenvalue weighted by atomic mass is 79.9. The van der Waals surface area contributed by atoms with Crippen molar-refractivity contribution in [1.29, 1.82) is 0 Å². The van der Waals surface area contributed by atoms with Crippen molar-refractivity contribution in [3.05, 3.63) is 22.7 Å². The zero-order valence-electron chi connectivity index (χ0n) is 9.92. The Morgan fingerprint density at radius 3 is 2.75 bits per heavy atom. The van der Waals surface area contributed by atoms with Crippen LogP contribution < -0.4 is 10.1 Å². The van der Waals surface area contributed by atoms with Gasteiger partial charge in [-0.3, -0.25) is 0 Å². The molecule has 0 aliphatic rings. The molecular weight excluding hydrogens is 270 g/mol. The predicted molar refractivity (Wildman–Crippen MR) is 70.2 cm³/mol. The number of benzene rings is 1. The molecule has 0 bridgehead atoms. The van der Waals surface area contributed by atoms with E-state index in [0.717, 1.165) is 29.1 Å². The molecule has 0 aromatic heterocycles. The number of hydrogen-bond acceptors (Lipinski definition) is 3. The fraction of sp³-hybridized carbons (Fsp3) is 0.500. The summed E-state index contributed by atoms with van der Waals surface area (Å²) in [6, 6.07) is 5.97. The maximum atomic E-state index is 5.23. The van der Waals surface area contributed by atoms with Crippen LogP contribution in [0.5, 0.6) is 5.75 Å². The van der Waals surface area contributed by atoms with Gasteiger partial charge in [0, 0.05) is 25.4 Å². The van der Waals surface area contributed by atoms with Gasteiger partial charge in [0.25, 0.3) is 0 Å². The van der Waals surface area contributed by atoms with E-state index in [1.54, 1.807) is 14.2 Å². The molecule has 90 valence electrons. The van der Waals surface area contributed by atoms with Crippen molar-refractivity contribution < 1.29 is 9.47 Å². The molecule has 0 heterocycles. The lowest BCUT2D eigenvalue weighted by Gasteiger charge is -2.13. The number of hydrogen-bond donors (Lipinski definition) is 1. The van der Waals surface area contributed by atoms with Crippen molar-refractivity contribution in [3.63, 3.8) is 0 Å². The van der Waals surface area contributed by atoms with Crippen LogP contribution in [0.4, 0.5) is 5.69 Å². The highest BCUT2D eigenvalue weighted by molar-refractivity contribution is 9.10. The normalized spacial score (nSPS) is 12.2. The average molecular weight is 288 g/mol. The lowest BCUT2D eigenvalue weighted by molar-refractivity contribution is 0.164. The first-order valence-corrected chi connectivity index (χ1v) is 6.03. The summed E-state index contributed by atoms with van der Waals surface area (Å²) in [5.74, 6) is 1.32. The van der Waals surface area contributed by atoms with Crippen molar-refractivity contribution in [2.75, 3.05) is 32.7 Å². The van der Waals surface area contributed by atoms with E-state index in [1.807, 2.05) is 18.2 Å². The number of anilines is 1. The van der Waals surface area contributed by atoms with Gasteiger partial charge in [0.05, 0.1) is 18.2 Å². The quantitative estimate of drug-likeness (QED) is 0.872. The van der Waals surface area contributed by atoms with E-state index in [1.165, 1.54) is 0 Å². The van der Waals surface area contributed by atoms with Crippen molar-refractivity contribution in [2.24, 2.45) is 5.92 Å². The molecule has 0 aliphatic heterocycles. The van der Waals surface area contributed by atoms with Gasteiger partial charge in [0.2, 0.25) is 0 Å². The van der Waals surface area contributed by atoms with Gasteiger partial charge in [-0.25, -0.2) is 0 Å². The predicted octanol–water partition coefficient (Wildman–Crippen LogP) is 3.15. The van der Waals surface area contributed by atoms with Crippen LogP contribution in [0.3, 0.4) is 0 Å². The molecule has 1 rings (SSSR count). The largest absolute Gasteiger partial charge is 0.495 e. The number of methoxy groups -OCH3 is 2. The van der Waals surface area contributed by atoms with Gasteiger partial charge in [-0.15, -0.1) is 0 Å². The number of nitrogens with one attached hydrogen (secondary N) is 1. The summed E-state index contributed by atoms with van der Waals surface area (Å²) in [6.07, 6.45) is 0. The van der Waals surface area contributed by atoms with Crippen LogP contribution in [0.2, 0.25) is 0 Å². The van der Waals surface area contributed by atoms with E-state index < -0.39 is 0 Å². The van der Waals surface area contributed by atoms with Crippen molar-refractivity contribution >= 4 is 21.6 Å². The molecule has 1 unspecified atom stereocenters. The average Bonchev–Trinajstić information content (AvgIpc) is 2.28. The van der Waals surface area contributed by atoms with Gasteiger partial charge in [-0.05, 0) is 34.0 Å². The highest BCUT2D eigenvalue weighted by Gasteiger charge is 2.03. The van der Waals surface area contributed by atoms with Gasteiger partial charge in [-0.2, -0.15) is 0 Å². The summed E-state index contributed by atoms with van der Waals surface area (Å²) in [6.45, 7) is 3.80. The third kappa shape index (κ3) is 4.02. The molecule has 1 aromatic carbocycles. The van der Waals surface area contributed by atoms with Gasteiger partial charge in [0.1, 0.15) is 5.75 Å². The summed E-state index contributed by atoms with van der Waals surface area (Å²) < 4.78 is 11.3. The molecule has 0 saturated carbocycles. The summed E-state index contributed by atoms with van der Waals surface area (Å²) in [5, 5.41) is 3.35. The molecule has 0 aliphatic carbocycles. The van der Waals surface area contributed by atoms with Gasteiger partial charge in [0.15, 0.2) is 0 Å². The van der Waals surface area contributed by atoms with E-state index in [2.05, 4.69) is 28.2 Å². The number of halogens is 1. The molecule has 0 radical (unpaired) electrons. The lowest BCUT2D eigenvalue weighted by Crippen LogP contribution is -2.15. The van der Waals surface area contributed by atoms with Crippen molar-refractivity contribution in [2.45, 2.75) is 6.92 Å². The van der Waals surface area contributed by atoms with Crippen LogP contribution >= 0.6 is 15.9 Å². The van der Waals surface area contributed by atoms with Crippen LogP contribution in [0.15, 0.2) is 22.7 Å². The van der Waals surface area contributed by atoms with E-state index >= 15 is 0 Å². The first kappa shape index (κ1) is 13.3. The van der Waals surface area contributed by atoms with E-state index in [-0.39, 0.29) is 0 Å². The van der Waals surface area contributed by atoms with E-state index in [4.69, 9.17) is 9.47 Å². The standard InChI is InChI=1S/C12H18BrNO2/c1-9(8-15-2)7-14-10-4-5-11(13)12(6-10)16-3/h4-6,9,14H,7-8H2,1-3H3. The Hall–Kier alpha value is -0.740. The Morgan fingerprint density at radius 1 is 1.38 bits per heavy atom. The minimum atomic E-state index is 0.486. The Labute approximate surface area is 105 Å². The highest BCUT2D eigenvalue weighted by Crippen LogP contribution is 2.27. The second-order valence-electron chi connectivity index (χ2n) is 3.79. The Balaban J connectivity index is 2.54. The van der Waals surface area contributed by atoms with Gasteiger partial charge in [-0.1, -0.05) is 6.92 Å². The third-order valence-corrected chi connectivity index (χ3v) is 2.91. The Kier molecular flexibility index (Phi) is 5.63. The third-order valence-electron chi connectivity index (χ3n) is 2.26. The molecule has 4 heteroatoms. The second-order valence-corrected chi connectivity index (χ2v) is 4.65. The number of rotatable bonds is 6. The molecule has 1 N–H and O–H groups in total.